The monoisotopic (exact) mass is 490 g/mol. The summed E-state index contributed by atoms with van der Waals surface area (Å²) in [6, 6.07) is 3.21. The van der Waals surface area contributed by atoms with E-state index in [-0.39, 0.29) is 35.4 Å². The van der Waals surface area contributed by atoms with Gasteiger partial charge in [-0.2, -0.15) is 13.2 Å². The van der Waals surface area contributed by atoms with Crippen LogP contribution in [0.3, 0.4) is 0 Å². The third-order valence-corrected chi connectivity index (χ3v) is 5.61. The van der Waals surface area contributed by atoms with Gasteiger partial charge >= 0.3 is 6.18 Å². The van der Waals surface area contributed by atoms with E-state index in [1.165, 1.54) is 18.6 Å². The molecule has 3 N–H and O–H groups in total. The van der Waals surface area contributed by atoms with Gasteiger partial charge in [-0.1, -0.05) is 0 Å². The minimum absolute atomic E-state index is 0.00431. The number of carbonyl (C=O) groups excluding carboxylic acids is 1. The van der Waals surface area contributed by atoms with Gasteiger partial charge < -0.3 is 25.0 Å². The maximum Gasteiger partial charge on any atom is 0.416 e. The summed E-state index contributed by atoms with van der Waals surface area (Å²) >= 11 is 0. The predicted octanol–water partition coefficient (Wildman–Crippen LogP) is 4.26. The molecule has 1 aliphatic heterocycles. The molecule has 0 spiro atoms. The van der Waals surface area contributed by atoms with Crippen molar-refractivity contribution in [3.05, 3.63) is 35.7 Å². The summed E-state index contributed by atoms with van der Waals surface area (Å²) in [4.78, 5) is 29.2. The van der Waals surface area contributed by atoms with Gasteiger partial charge in [-0.25, -0.2) is 9.97 Å². The van der Waals surface area contributed by atoms with Crippen molar-refractivity contribution in [2.75, 3.05) is 32.1 Å². The fourth-order valence-electron chi connectivity index (χ4n) is 3.74. The lowest BCUT2D eigenvalue weighted by Gasteiger charge is -2.17. The van der Waals surface area contributed by atoms with Gasteiger partial charge in [0.1, 0.15) is 23.5 Å². The van der Waals surface area contributed by atoms with E-state index in [4.69, 9.17) is 4.74 Å². The summed E-state index contributed by atoms with van der Waals surface area (Å²) in [6.45, 7) is 1.20. The van der Waals surface area contributed by atoms with E-state index in [9.17, 15) is 23.1 Å². The predicted molar refractivity (Wildman–Crippen MR) is 124 cm³/mol. The molecule has 1 amide bonds. The van der Waals surface area contributed by atoms with Crippen LogP contribution in [0.1, 0.15) is 36.8 Å². The Balaban J connectivity index is 1.73. The van der Waals surface area contributed by atoms with Crippen LogP contribution in [0.25, 0.3) is 11.0 Å². The topological polar surface area (TPSA) is 116 Å². The molecule has 12 heteroatoms. The summed E-state index contributed by atoms with van der Waals surface area (Å²) in [7, 11) is 1.73. The molecular weight excluding hydrogens is 465 g/mol. The zero-order chi connectivity index (χ0) is 25.0. The van der Waals surface area contributed by atoms with Crippen molar-refractivity contribution in [3.8, 4) is 11.6 Å². The molecule has 35 heavy (non-hydrogen) atoms. The highest BCUT2D eigenvalue weighted by atomic mass is 19.4. The van der Waals surface area contributed by atoms with Gasteiger partial charge in [0.25, 0.3) is 0 Å². The molecule has 0 radical (unpaired) electrons. The second kappa shape index (κ2) is 10.2. The number of amides is 1. The van der Waals surface area contributed by atoms with E-state index < -0.39 is 11.7 Å². The highest BCUT2D eigenvalue weighted by Gasteiger charge is 2.31. The van der Waals surface area contributed by atoms with Crippen LogP contribution >= 0.6 is 0 Å². The number of aliphatic imine (C=N–C) groups is 1. The van der Waals surface area contributed by atoms with Gasteiger partial charge in [-0.15, -0.1) is 0 Å². The lowest BCUT2D eigenvalue weighted by atomic mass is 10.1. The molecule has 1 aromatic carbocycles. The van der Waals surface area contributed by atoms with Crippen LogP contribution in [0.5, 0.6) is 11.6 Å². The third-order valence-electron chi connectivity index (χ3n) is 5.61. The number of aromatic amines is 1. The molecule has 9 nitrogen and oxygen atoms in total. The first-order valence-electron chi connectivity index (χ1n) is 11.1. The molecule has 2 aromatic heterocycles. The van der Waals surface area contributed by atoms with E-state index in [0.717, 1.165) is 12.1 Å². The summed E-state index contributed by atoms with van der Waals surface area (Å²) in [5.74, 6) is 0.182. The molecule has 2 bridgehead atoms. The number of nitrogens with zero attached hydrogens (tertiary/aromatic N) is 4. The zero-order valence-electron chi connectivity index (χ0n) is 19.0. The largest absolute Gasteiger partial charge is 0.494 e. The molecule has 1 aliphatic rings. The first kappa shape index (κ1) is 24.3. The Morgan fingerprint density at radius 3 is 2.77 bits per heavy atom. The van der Waals surface area contributed by atoms with Gasteiger partial charge in [0.05, 0.1) is 28.8 Å². The standard InChI is InChI=1S/C23H25F3N6O3/c1-32-7-4-6-27-20-19-17(22(34)31-21(19)30-13-29-20)12-28-15-9-14(23(24,25)26)10-16(11-15)35-8-3-2-5-18(32)33/h9-13,34H,2-8H2,1H3,(H2,27,29,30,31). The van der Waals surface area contributed by atoms with Gasteiger partial charge in [0.15, 0.2) is 5.88 Å². The minimum atomic E-state index is -4.59. The SMILES string of the molecule is CN1CCCNc2ncnc3[nH]c(O)c(c23)C=Nc2cc(cc(C(F)(F)F)c2)OCCCCC1=O. The smallest absolute Gasteiger partial charge is 0.416 e. The molecule has 3 aromatic rings. The lowest BCUT2D eigenvalue weighted by molar-refractivity contribution is -0.137. The maximum atomic E-state index is 13.5. The minimum Gasteiger partial charge on any atom is -0.494 e. The van der Waals surface area contributed by atoms with Gasteiger partial charge in [-0.3, -0.25) is 9.79 Å². The number of alkyl halides is 3. The van der Waals surface area contributed by atoms with Crippen LogP contribution in [0, 0.1) is 0 Å². The molecule has 4 rings (SSSR count). The number of ether oxygens (including phenoxy) is 1. The fraction of sp³-hybridized carbons (Fsp3) is 0.391. The maximum absolute atomic E-state index is 13.5. The van der Waals surface area contributed by atoms with Crippen molar-refractivity contribution < 1.29 is 27.8 Å². The molecular formula is C23H25F3N6O3. The number of halogens is 3. The highest BCUT2D eigenvalue weighted by Crippen LogP contribution is 2.36. The molecule has 186 valence electrons. The van der Waals surface area contributed by atoms with E-state index in [1.54, 1.807) is 11.9 Å². The zero-order valence-corrected chi connectivity index (χ0v) is 19.0. The molecule has 0 saturated carbocycles. The van der Waals surface area contributed by atoms with Crippen molar-refractivity contribution in [2.24, 2.45) is 4.99 Å². The summed E-state index contributed by atoms with van der Waals surface area (Å²) < 4.78 is 45.9. The van der Waals surface area contributed by atoms with Crippen LogP contribution in [0.15, 0.2) is 29.5 Å². The quantitative estimate of drug-likeness (QED) is 0.434. The number of nitrogens with one attached hydrogen (secondary N) is 2. The number of hydrogen-bond acceptors (Lipinski definition) is 7. The fourth-order valence-corrected chi connectivity index (χ4v) is 3.74. The second-order valence-electron chi connectivity index (χ2n) is 8.21. The average molecular weight is 490 g/mol. The van der Waals surface area contributed by atoms with Crippen LogP contribution in [0.2, 0.25) is 0 Å². The van der Waals surface area contributed by atoms with E-state index in [2.05, 4.69) is 25.3 Å². The molecule has 0 saturated heterocycles. The Hall–Kier alpha value is -3.83. The van der Waals surface area contributed by atoms with Crippen molar-refractivity contribution in [1.29, 1.82) is 0 Å². The van der Waals surface area contributed by atoms with Gasteiger partial charge in [-0.05, 0) is 31.4 Å². The number of fused-ring (bicyclic) bond motifs is 2. The summed E-state index contributed by atoms with van der Waals surface area (Å²) in [5.41, 5.74) is -0.329. The van der Waals surface area contributed by atoms with Crippen molar-refractivity contribution in [2.45, 2.75) is 31.9 Å². The van der Waals surface area contributed by atoms with Crippen LogP contribution < -0.4 is 10.1 Å². The first-order valence-corrected chi connectivity index (χ1v) is 11.1. The lowest BCUT2D eigenvalue weighted by Crippen LogP contribution is -2.28. The Labute approximate surface area is 199 Å². The number of H-pyrrole nitrogens is 1. The Bertz CT molecular complexity index is 1240. The Morgan fingerprint density at radius 2 is 1.97 bits per heavy atom. The molecule has 0 aliphatic carbocycles. The molecule has 0 fully saturated rings. The first-order chi connectivity index (χ1) is 16.7. The number of carbonyl (C=O) groups is 1. The van der Waals surface area contributed by atoms with Crippen molar-refractivity contribution in [1.82, 2.24) is 19.9 Å². The Morgan fingerprint density at radius 1 is 1.14 bits per heavy atom. The number of aromatic hydroxyl groups is 1. The van der Waals surface area contributed by atoms with Crippen molar-refractivity contribution in [3.63, 3.8) is 0 Å². The number of aromatic nitrogens is 3. The molecule has 0 unspecified atom stereocenters. The average Bonchev–Trinajstić information content (AvgIpc) is 3.14. The molecule has 3 heterocycles. The van der Waals surface area contributed by atoms with E-state index in [0.29, 0.717) is 55.6 Å². The van der Waals surface area contributed by atoms with Crippen LogP contribution in [0.4, 0.5) is 24.7 Å². The summed E-state index contributed by atoms with van der Waals surface area (Å²) in [5, 5.41) is 14.0. The normalized spacial score (nSPS) is 16.2. The van der Waals surface area contributed by atoms with E-state index >= 15 is 0 Å². The highest BCUT2D eigenvalue weighted by molar-refractivity contribution is 6.06. The summed E-state index contributed by atoms with van der Waals surface area (Å²) in [6.07, 6.45) is 0.0418. The molecule has 0 atom stereocenters. The van der Waals surface area contributed by atoms with Crippen molar-refractivity contribution >= 4 is 34.7 Å². The third kappa shape index (κ3) is 5.81. The Kier molecular flexibility index (Phi) is 7.08. The second-order valence-corrected chi connectivity index (χ2v) is 8.21. The van der Waals surface area contributed by atoms with Gasteiger partial charge in [0, 0.05) is 38.8 Å². The number of hydrogen-bond donors (Lipinski definition) is 3. The number of benzene rings is 1. The van der Waals surface area contributed by atoms with Crippen LogP contribution in [-0.2, 0) is 11.0 Å². The number of anilines is 1. The van der Waals surface area contributed by atoms with E-state index in [1.807, 2.05) is 0 Å². The number of rotatable bonds is 0. The van der Waals surface area contributed by atoms with Crippen LogP contribution in [-0.4, -0.2) is 63.8 Å². The van der Waals surface area contributed by atoms with Gasteiger partial charge in [0.2, 0.25) is 5.91 Å².